The summed E-state index contributed by atoms with van der Waals surface area (Å²) < 4.78 is 19.4. The van der Waals surface area contributed by atoms with Gasteiger partial charge in [-0.25, -0.2) is 4.39 Å². The second kappa shape index (κ2) is 9.50. The van der Waals surface area contributed by atoms with Crippen molar-refractivity contribution in [3.05, 3.63) is 95.3 Å². The Balaban J connectivity index is 1.59. The van der Waals surface area contributed by atoms with Crippen molar-refractivity contribution >= 4 is 17.5 Å². The minimum atomic E-state index is -0.521. The van der Waals surface area contributed by atoms with Crippen LogP contribution in [0.4, 0.5) is 10.1 Å². The third-order valence-corrected chi connectivity index (χ3v) is 4.19. The minimum absolute atomic E-state index is 0.0816. The summed E-state index contributed by atoms with van der Waals surface area (Å²) in [6.07, 6.45) is 0. The van der Waals surface area contributed by atoms with E-state index < -0.39 is 11.7 Å². The summed E-state index contributed by atoms with van der Waals surface area (Å²) in [7, 11) is 0. The highest BCUT2D eigenvalue weighted by atomic mass is 19.1. The molecule has 0 radical (unpaired) electrons. The number of aryl methyl sites for hydroxylation is 1. The van der Waals surface area contributed by atoms with Crippen LogP contribution < -0.4 is 15.4 Å². The van der Waals surface area contributed by atoms with Crippen molar-refractivity contribution in [2.45, 2.75) is 13.5 Å². The van der Waals surface area contributed by atoms with Crippen LogP contribution in [0, 0.1) is 12.7 Å². The quantitative estimate of drug-likeness (QED) is 0.637. The van der Waals surface area contributed by atoms with Crippen LogP contribution >= 0.6 is 0 Å². The molecule has 0 unspecified atom stereocenters. The largest absolute Gasteiger partial charge is 0.483 e. The number of benzene rings is 3. The highest BCUT2D eigenvalue weighted by molar-refractivity contribution is 5.97. The zero-order valence-corrected chi connectivity index (χ0v) is 15.9. The average Bonchev–Trinajstić information content (AvgIpc) is 2.73. The third kappa shape index (κ3) is 5.65. The van der Waals surface area contributed by atoms with Crippen LogP contribution in [-0.2, 0) is 11.3 Å². The van der Waals surface area contributed by atoms with Crippen LogP contribution in [0.15, 0.2) is 72.8 Å². The fraction of sp³-hybridized carbons (Fsp3) is 0.130. The van der Waals surface area contributed by atoms with E-state index in [0.717, 1.165) is 11.1 Å². The van der Waals surface area contributed by atoms with Crippen LogP contribution in [0.2, 0.25) is 0 Å². The van der Waals surface area contributed by atoms with Gasteiger partial charge >= 0.3 is 0 Å². The number of nitrogens with one attached hydrogen (secondary N) is 2. The van der Waals surface area contributed by atoms with Gasteiger partial charge in [-0.15, -0.1) is 0 Å². The SMILES string of the molecule is Cc1ccc(NC(=O)COc2ccccc2C(=O)NCc2ccccc2)c(F)c1. The van der Waals surface area contributed by atoms with E-state index in [-0.39, 0.29) is 24.0 Å². The Morgan fingerprint density at radius 1 is 0.966 bits per heavy atom. The number of para-hydroxylation sites is 1. The first-order chi connectivity index (χ1) is 14.0. The predicted molar refractivity (Wildman–Crippen MR) is 109 cm³/mol. The molecule has 148 valence electrons. The van der Waals surface area contributed by atoms with Gasteiger partial charge in [0, 0.05) is 6.54 Å². The summed E-state index contributed by atoms with van der Waals surface area (Å²) >= 11 is 0. The van der Waals surface area contributed by atoms with E-state index >= 15 is 0 Å². The van der Waals surface area contributed by atoms with Crippen molar-refractivity contribution in [3.63, 3.8) is 0 Å². The monoisotopic (exact) mass is 392 g/mol. The van der Waals surface area contributed by atoms with E-state index in [1.54, 1.807) is 37.3 Å². The van der Waals surface area contributed by atoms with Gasteiger partial charge in [0.15, 0.2) is 6.61 Å². The lowest BCUT2D eigenvalue weighted by molar-refractivity contribution is -0.118. The van der Waals surface area contributed by atoms with Gasteiger partial charge in [-0.05, 0) is 42.3 Å². The molecule has 0 aliphatic carbocycles. The van der Waals surface area contributed by atoms with E-state index in [1.807, 2.05) is 30.3 Å². The number of carbonyl (C=O) groups excluding carboxylic acids is 2. The van der Waals surface area contributed by atoms with Gasteiger partial charge in [-0.2, -0.15) is 0 Å². The Morgan fingerprint density at radius 2 is 1.69 bits per heavy atom. The maximum Gasteiger partial charge on any atom is 0.262 e. The van der Waals surface area contributed by atoms with Crippen molar-refractivity contribution in [1.82, 2.24) is 5.32 Å². The zero-order chi connectivity index (χ0) is 20.6. The normalized spacial score (nSPS) is 10.3. The molecule has 0 aliphatic rings. The second-order valence-electron chi connectivity index (χ2n) is 6.48. The molecular weight excluding hydrogens is 371 g/mol. The van der Waals surface area contributed by atoms with E-state index in [4.69, 9.17) is 4.74 Å². The maximum absolute atomic E-state index is 13.9. The first kappa shape index (κ1) is 20.1. The smallest absolute Gasteiger partial charge is 0.262 e. The van der Waals surface area contributed by atoms with Crippen LogP contribution in [0.3, 0.4) is 0 Å². The average molecular weight is 392 g/mol. The van der Waals surface area contributed by atoms with Gasteiger partial charge in [0.1, 0.15) is 11.6 Å². The number of anilines is 1. The summed E-state index contributed by atoms with van der Waals surface area (Å²) in [5.74, 6) is -1.07. The molecule has 0 saturated carbocycles. The molecule has 3 rings (SSSR count). The molecule has 0 atom stereocenters. The molecule has 3 aromatic rings. The van der Waals surface area contributed by atoms with Crippen LogP contribution in [0.25, 0.3) is 0 Å². The Morgan fingerprint density at radius 3 is 2.45 bits per heavy atom. The zero-order valence-electron chi connectivity index (χ0n) is 15.9. The Kier molecular flexibility index (Phi) is 6.58. The molecule has 2 N–H and O–H groups in total. The second-order valence-corrected chi connectivity index (χ2v) is 6.48. The molecule has 0 aromatic heterocycles. The summed E-state index contributed by atoms with van der Waals surface area (Å²) in [5.41, 5.74) is 2.13. The Labute approximate surface area is 168 Å². The Hall–Kier alpha value is -3.67. The molecule has 0 saturated heterocycles. The number of hydrogen-bond acceptors (Lipinski definition) is 3. The summed E-state index contributed by atoms with van der Waals surface area (Å²) in [6.45, 7) is 1.79. The predicted octanol–water partition coefficient (Wildman–Crippen LogP) is 4.08. The maximum atomic E-state index is 13.9. The molecule has 0 spiro atoms. The highest BCUT2D eigenvalue weighted by Gasteiger charge is 2.14. The fourth-order valence-electron chi connectivity index (χ4n) is 2.70. The standard InChI is InChI=1S/C23H21FN2O3/c1-16-11-12-20(19(24)13-16)26-22(27)15-29-21-10-6-5-9-18(21)23(28)25-14-17-7-3-2-4-8-17/h2-13H,14-15H2,1H3,(H,25,28)(H,26,27). The van der Waals surface area contributed by atoms with E-state index in [2.05, 4.69) is 10.6 Å². The highest BCUT2D eigenvalue weighted by Crippen LogP contribution is 2.19. The number of ether oxygens (including phenoxy) is 1. The summed E-state index contributed by atoms with van der Waals surface area (Å²) in [4.78, 5) is 24.6. The number of hydrogen-bond donors (Lipinski definition) is 2. The van der Waals surface area contributed by atoms with Crippen molar-refractivity contribution in [2.24, 2.45) is 0 Å². The molecular formula is C23H21FN2O3. The van der Waals surface area contributed by atoms with Crippen molar-refractivity contribution < 1.29 is 18.7 Å². The van der Waals surface area contributed by atoms with Crippen LogP contribution in [0.5, 0.6) is 5.75 Å². The van der Waals surface area contributed by atoms with E-state index in [1.165, 1.54) is 12.1 Å². The molecule has 2 amide bonds. The van der Waals surface area contributed by atoms with E-state index in [0.29, 0.717) is 12.1 Å². The lowest BCUT2D eigenvalue weighted by Crippen LogP contribution is -2.25. The van der Waals surface area contributed by atoms with Gasteiger partial charge in [0.05, 0.1) is 11.3 Å². The summed E-state index contributed by atoms with van der Waals surface area (Å²) in [6, 6.07) is 20.7. The first-order valence-electron chi connectivity index (χ1n) is 9.13. The molecule has 0 heterocycles. The molecule has 0 fully saturated rings. The molecule has 0 aliphatic heterocycles. The number of carbonyl (C=O) groups is 2. The molecule has 0 bridgehead atoms. The van der Waals surface area contributed by atoms with Crippen LogP contribution in [0.1, 0.15) is 21.5 Å². The minimum Gasteiger partial charge on any atom is -0.483 e. The molecule has 6 heteroatoms. The van der Waals surface area contributed by atoms with Crippen molar-refractivity contribution in [2.75, 3.05) is 11.9 Å². The van der Waals surface area contributed by atoms with Gasteiger partial charge in [0.2, 0.25) is 0 Å². The molecule has 29 heavy (non-hydrogen) atoms. The van der Waals surface area contributed by atoms with Gasteiger partial charge in [-0.1, -0.05) is 48.5 Å². The van der Waals surface area contributed by atoms with Gasteiger partial charge < -0.3 is 15.4 Å². The number of amides is 2. The number of halogens is 1. The van der Waals surface area contributed by atoms with Crippen LogP contribution in [-0.4, -0.2) is 18.4 Å². The molecule has 3 aromatic carbocycles. The first-order valence-corrected chi connectivity index (χ1v) is 9.13. The fourth-order valence-corrected chi connectivity index (χ4v) is 2.70. The van der Waals surface area contributed by atoms with Gasteiger partial charge in [-0.3, -0.25) is 9.59 Å². The number of rotatable bonds is 7. The lowest BCUT2D eigenvalue weighted by Gasteiger charge is -2.12. The lowest BCUT2D eigenvalue weighted by atomic mass is 10.1. The molecule has 5 nitrogen and oxygen atoms in total. The van der Waals surface area contributed by atoms with Crippen molar-refractivity contribution in [1.29, 1.82) is 0 Å². The third-order valence-electron chi connectivity index (χ3n) is 4.19. The Bertz CT molecular complexity index is 1010. The van der Waals surface area contributed by atoms with Gasteiger partial charge in [0.25, 0.3) is 11.8 Å². The topological polar surface area (TPSA) is 67.4 Å². The summed E-state index contributed by atoms with van der Waals surface area (Å²) in [5, 5.41) is 5.29. The van der Waals surface area contributed by atoms with E-state index in [9.17, 15) is 14.0 Å². The van der Waals surface area contributed by atoms with Crippen molar-refractivity contribution in [3.8, 4) is 5.75 Å².